The summed E-state index contributed by atoms with van der Waals surface area (Å²) in [5.74, 6) is 0. The van der Waals surface area contributed by atoms with Crippen LogP contribution in [0.1, 0.15) is 30.6 Å². The van der Waals surface area contributed by atoms with Gasteiger partial charge in [0.15, 0.2) is 5.13 Å². The van der Waals surface area contributed by atoms with Gasteiger partial charge in [-0.05, 0) is 58.3 Å². The molecule has 3 heteroatoms. The Balaban J connectivity index is 2.33. The van der Waals surface area contributed by atoms with Gasteiger partial charge >= 0.3 is 0 Å². The topological polar surface area (TPSA) is 3.24 Å². The third-order valence-electron chi connectivity index (χ3n) is 3.32. The van der Waals surface area contributed by atoms with Gasteiger partial charge in [0.1, 0.15) is 0 Å². The third kappa shape index (κ3) is 1.95. The molecule has 0 atom stereocenters. The van der Waals surface area contributed by atoms with Crippen LogP contribution in [0.5, 0.6) is 0 Å². The van der Waals surface area contributed by atoms with Crippen molar-refractivity contribution in [1.29, 1.82) is 0 Å². The summed E-state index contributed by atoms with van der Waals surface area (Å²) in [6, 6.07) is 3.51. The lowest BCUT2D eigenvalue weighted by atomic mass is 9.79. The molecule has 1 nitrogen and oxygen atoms in total. The molecule has 0 aliphatic heterocycles. The zero-order valence-corrected chi connectivity index (χ0v) is 10.0. The molecule has 1 aromatic rings. The lowest BCUT2D eigenvalue weighted by molar-refractivity contribution is 0.116. The van der Waals surface area contributed by atoms with Gasteiger partial charge in [-0.2, -0.15) is 4.39 Å². The maximum atomic E-state index is 13.1. The summed E-state index contributed by atoms with van der Waals surface area (Å²) in [4.78, 5) is 3.39. The summed E-state index contributed by atoms with van der Waals surface area (Å²) in [5.41, 5.74) is 0.0419. The van der Waals surface area contributed by atoms with Crippen LogP contribution in [0.3, 0.4) is 0 Å². The van der Waals surface area contributed by atoms with Crippen LogP contribution in [0.4, 0.5) is 4.39 Å². The first-order valence-electron chi connectivity index (χ1n) is 5.29. The van der Waals surface area contributed by atoms with E-state index < -0.39 is 0 Å². The second-order valence-corrected chi connectivity index (χ2v) is 5.31. The van der Waals surface area contributed by atoms with Gasteiger partial charge in [0.05, 0.1) is 5.54 Å². The van der Waals surface area contributed by atoms with Crippen molar-refractivity contribution in [3.05, 3.63) is 28.6 Å². The van der Waals surface area contributed by atoms with Crippen molar-refractivity contribution in [3.8, 4) is 0 Å². The van der Waals surface area contributed by atoms with Gasteiger partial charge in [0.25, 0.3) is 0 Å². The Bertz CT molecular complexity index is 326. The van der Waals surface area contributed by atoms with Crippen molar-refractivity contribution in [2.75, 3.05) is 14.1 Å². The molecule has 0 aromatic carbocycles. The number of thiophene rings is 1. The highest BCUT2D eigenvalue weighted by Crippen LogP contribution is 2.43. The summed E-state index contributed by atoms with van der Waals surface area (Å²) in [6.45, 7) is 0. The Kier molecular flexibility index (Phi) is 3.12. The molecule has 0 unspecified atom stereocenters. The second kappa shape index (κ2) is 4.22. The third-order valence-corrected chi connectivity index (χ3v) is 4.39. The highest BCUT2D eigenvalue weighted by atomic mass is 32.1. The van der Waals surface area contributed by atoms with E-state index in [-0.39, 0.29) is 10.7 Å². The van der Waals surface area contributed by atoms with E-state index in [4.69, 9.17) is 0 Å². The summed E-state index contributed by atoms with van der Waals surface area (Å²) in [5, 5.41) is -0.0789. The van der Waals surface area contributed by atoms with E-state index >= 15 is 0 Å². The minimum atomic E-state index is -0.0789. The fraction of sp³-hybridized carbons (Fsp3) is 0.583. The molecule has 1 aliphatic rings. The molecule has 1 aliphatic carbocycles. The van der Waals surface area contributed by atoms with E-state index in [2.05, 4.69) is 25.4 Å². The normalized spacial score (nSPS) is 20.8. The molecule has 1 aromatic heterocycles. The number of halogens is 1. The van der Waals surface area contributed by atoms with E-state index in [1.807, 2.05) is 6.07 Å². The summed E-state index contributed by atoms with van der Waals surface area (Å²) >= 11 is 1.29. The molecular weight excluding hydrogens is 209 g/mol. The predicted octanol–water partition coefficient (Wildman–Crippen LogP) is 3.30. The van der Waals surface area contributed by atoms with E-state index in [1.54, 1.807) is 6.07 Å². The molecule has 15 heavy (non-hydrogen) atoms. The first-order valence-corrected chi connectivity index (χ1v) is 6.11. The lowest BCUT2D eigenvalue weighted by Crippen LogP contribution is -2.42. The van der Waals surface area contributed by atoms with E-state index in [0.717, 1.165) is 30.6 Å². The summed E-state index contributed by atoms with van der Waals surface area (Å²) in [6.07, 6.45) is 7.49. The van der Waals surface area contributed by atoms with Crippen molar-refractivity contribution >= 4 is 11.3 Å². The zero-order chi connectivity index (χ0) is 10.9. The summed E-state index contributed by atoms with van der Waals surface area (Å²) < 4.78 is 13.1. The molecule has 0 bridgehead atoms. The van der Waals surface area contributed by atoms with Crippen molar-refractivity contribution in [3.63, 3.8) is 0 Å². The standard InChI is InChI=1S/C12H16FNS/c1-14(2)12(8-4-3-5-9-12)10-6-7-11(13)15-10/h6-7H,4-5,8-9H2,1-2H3. The van der Waals surface area contributed by atoms with Crippen LogP contribution in [0, 0.1) is 11.6 Å². The largest absolute Gasteiger partial charge is 0.299 e. The van der Waals surface area contributed by atoms with Gasteiger partial charge in [0.2, 0.25) is 0 Å². The van der Waals surface area contributed by atoms with Crippen LogP contribution in [-0.2, 0) is 5.54 Å². The lowest BCUT2D eigenvalue weighted by Gasteiger charge is -2.42. The first kappa shape index (κ1) is 11.1. The van der Waals surface area contributed by atoms with Crippen molar-refractivity contribution in [1.82, 2.24) is 4.90 Å². The molecule has 1 saturated carbocycles. The van der Waals surface area contributed by atoms with Gasteiger partial charge in [-0.15, -0.1) is 11.3 Å². The van der Waals surface area contributed by atoms with Crippen LogP contribution in [0.15, 0.2) is 12.1 Å². The fourth-order valence-corrected chi connectivity index (χ4v) is 3.38. The minimum Gasteiger partial charge on any atom is -0.299 e. The van der Waals surface area contributed by atoms with Gasteiger partial charge in [-0.1, -0.05) is 0 Å². The molecule has 0 N–H and O–H groups in total. The maximum absolute atomic E-state index is 13.1. The predicted molar refractivity (Wildman–Crippen MR) is 61.4 cm³/mol. The SMILES string of the molecule is CN(C)C1(c2ccc(F)s2)CC[C]CC1. The van der Waals surface area contributed by atoms with Crippen molar-refractivity contribution in [2.24, 2.45) is 0 Å². The second-order valence-electron chi connectivity index (χ2n) is 4.28. The van der Waals surface area contributed by atoms with Gasteiger partial charge in [-0.3, -0.25) is 4.90 Å². The number of rotatable bonds is 2. The average molecular weight is 225 g/mol. The van der Waals surface area contributed by atoms with E-state index in [1.165, 1.54) is 11.3 Å². The van der Waals surface area contributed by atoms with Crippen LogP contribution >= 0.6 is 11.3 Å². The molecule has 2 radical (unpaired) electrons. The Morgan fingerprint density at radius 3 is 2.47 bits per heavy atom. The average Bonchev–Trinajstić information content (AvgIpc) is 2.66. The Morgan fingerprint density at radius 2 is 2.00 bits per heavy atom. The zero-order valence-electron chi connectivity index (χ0n) is 9.22. The number of nitrogens with zero attached hydrogens (tertiary/aromatic N) is 1. The van der Waals surface area contributed by atoms with E-state index in [0.29, 0.717) is 0 Å². The van der Waals surface area contributed by atoms with Crippen molar-refractivity contribution in [2.45, 2.75) is 31.2 Å². The molecule has 1 heterocycles. The van der Waals surface area contributed by atoms with Crippen molar-refractivity contribution < 1.29 is 4.39 Å². The molecule has 0 saturated heterocycles. The molecule has 1 fully saturated rings. The van der Waals surface area contributed by atoms with Gasteiger partial charge < -0.3 is 0 Å². The number of hydrogen-bond acceptors (Lipinski definition) is 2. The minimum absolute atomic E-state index is 0.0419. The fourth-order valence-electron chi connectivity index (χ4n) is 2.32. The monoisotopic (exact) mass is 225 g/mol. The molecule has 2 rings (SSSR count). The highest BCUT2D eigenvalue weighted by molar-refractivity contribution is 7.10. The first-order chi connectivity index (χ1) is 7.15. The highest BCUT2D eigenvalue weighted by Gasteiger charge is 2.37. The van der Waals surface area contributed by atoms with Gasteiger partial charge in [0, 0.05) is 4.88 Å². The van der Waals surface area contributed by atoms with Crippen LogP contribution < -0.4 is 0 Å². The summed E-state index contributed by atoms with van der Waals surface area (Å²) in [7, 11) is 4.17. The van der Waals surface area contributed by atoms with Crippen LogP contribution in [0.2, 0.25) is 0 Å². The Hall–Kier alpha value is -0.410. The van der Waals surface area contributed by atoms with Crippen LogP contribution in [0.25, 0.3) is 0 Å². The Morgan fingerprint density at radius 1 is 1.33 bits per heavy atom. The van der Waals surface area contributed by atoms with E-state index in [9.17, 15) is 4.39 Å². The molecular formula is C12H16FNS. The number of hydrogen-bond donors (Lipinski definition) is 0. The molecule has 0 amide bonds. The molecule has 0 spiro atoms. The quantitative estimate of drug-likeness (QED) is 0.746. The van der Waals surface area contributed by atoms with Crippen LogP contribution in [-0.4, -0.2) is 19.0 Å². The Labute approximate surface area is 94.9 Å². The smallest absolute Gasteiger partial charge is 0.176 e. The maximum Gasteiger partial charge on any atom is 0.176 e. The van der Waals surface area contributed by atoms with Gasteiger partial charge in [-0.25, -0.2) is 0 Å². The molecule has 82 valence electrons.